The third-order valence-electron chi connectivity index (χ3n) is 8.60. The van der Waals surface area contributed by atoms with Gasteiger partial charge in [0.2, 0.25) is 0 Å². The molecule has 0 aliphatic carbocycles. The van der Waals surface area contributed by atoms with Crippen molar-refractivity contribution in [2.45, 2.75) is 0 Å². The minimum Gasteiger partial charge on any atom is -0.508 e. The molecule has 0 aliphatic heterocycles. The van der Waals surface area contributed by atoms with Gasteiger partial charge in [0.05, 0.1) is 11.4 Å². The third kappa shape index (κ3) is 10.6. The standard InChI is InChI=1S/C20H17NO.C17H13NO.C13H13NO/c1-2-13-22-18-12-11-17-9-6-10-20(19(17)14-18)21-15-16-7-4-3-5-8-16;19-15-10-9-14-7-4-8-17(16(14)11-15)18-12-13-5-2-1-3-6-13;1-2-8-15-11-7-6-10-4-3-5-13(14)12(10)9-11/h2-12,14-15H,1,13H2;1-12,19H;2-7,9H,1,8,14H2. The molecule has 8 aromatic rings. The Morgan fingerprint density at radius 2 is 0.929 bits per heavy atom. The lowest BCUT2D eigenvalue weighted by atomic mass is 10.1. The fraction of sp³-hybridized carbons (Fsp3) is 0.0400. The van der Waals surface area contributed by atoms with Gasteiger partial charge in [-0.2, -0.15) is 0 Å². The number of fused-ring (bicyclic) bond motifs is 3. The Balaban J connectivity index is 0.000000145. The Bertz CT molecular complexity index is 2600. The number of nitrogens with zero attached hydrogens (tertiary/aromatic N) is 2. The van der Waals surface area contributed by atoms with Crippen molar-refractivity contribution in [3.63, 3.8) is 0 Å². The predicted molar refractivity (Wildman–Crippen MR) is 237 cm³/mol. The fourth-order valence-electron chi connectivity index (χ4n) is 5.84. The van der Waals surface area contributed by atoms with E-state index in [1.807, 2.05) is 158 Å². The van der Waals surface area contributed by atoms with E-state index in [0.717, 1.165) is 72.0 Å². The number of nitrogen functional groups attached to an aromatic ring is 1. The largest absolute Gasteiger partial charge is 0.508 e. The van der Waals surface area contributed by atoms with Crippen LogP contribution in [0.25, 0.3) is 32.3 Å². The van der Waals surface area contributed by atoms with E-state index in [1.165, 1.54) is 0 Å². The highest BCUT2D eigenvalue weighted by atomic mass is 16.5. The second kappa shape index (κ2) is 19.6. The van der Waals surface area contributed by atoms with Gasteiger partial charge in [0.1, 0.15) is 30.5 Å². The van der Waals surface area contributed by atoms with Gasteiger partial charge in [0.15, 0.2) is 0 Å². The Morgan fingerprint density at radius 1 is 0.482 bits per heavy atom. The van der Waals surface area contributed by atoms with E-state index in [9.17, 15) is 5.11 Å². The van der Waals surface area contributed by atoms with Crippen LogP contribution in [0.15, 0.2) is 205 Å². The van der Waals surface area contributed by atoms with Crippen LogP contribution in [0, 0.1) is 0 Å². The van der Waals surface area contributed by atoms with Gasteiger partial charge in [-0.15, -0.1) is 0 Å². The smallest absolute Gasteiger partial charge is 0.120 e. The molecule has 0 unspecified atom stereocenters. The summed E-state index contributed by atoms with van der Waals surface area (Å²) in [6, 6.07) is 55.2. The lowest BCUT2D eigenvalue weighted by Crippen LogP contribution is -1.93. The van der Waals surface area contributed by atoms with Gasteiger partial charge in [-0.05, 0) is 81.9 Å². The van der Waals surface area contributed by atoms with Gasteiger partial charge in [0.25, 0.3) is 0 Å². The summed E-state index contributed by atoms with van der Waals surface area (Å²) in [5.74, 6) is 1.91. The van der Waals surface area contributed by atoms with Crippen molar-refractivity contribution >= 4 is 61.8 Å². The second-order valence-corrected chi connectivity index (χ2v) is 12.6. The average molecular weight is 734 g/mol. The number of hydrogen-bond donors (Lipinski definition) is 2. The van der Waals surface area contributed by atoms with E-state index >= 15 is 0 Å². The number of aromatic hydroxyl groups is 1. The third-order valence-corrected chi connectivity index (χ3v) is 8.60. The molecule has 6 nitrogen and oxygen atoms in total. The van der Waals surface area contributed by atoms with Crippen LogP contribution in [0.1, 0.15) is 11.1 Å². The Morgan fingerprint density at radius 3 is 1.45 bits per heavy atom. The van der Waals surface area contributed by atoms with Crippen molar-refractivity contribution in [1.29, 1.82) is 0 Å². The van der Waals surface area contributed by atoms with E-state index < -0.39 is 0 Å². The zero-order chi connectivity index (χ0) is 39.0. The van der Waals surface area contributed by atoms with Crippen LogP contribution in [0.5, 0.6) is 17.2 Å². The number of phenols is 1. The van der Waals surface area contributed by atoms with E-state index in [4.69, 9.17) is 15.2 Å². The Hall–Kier alpha value is -7.44. The molecule has 6 heteroatoms. The Labute approximate surface area is 327 Å². The molecule has 0 atom stereocenters. The maximum absolute atomic E-state index is 9.59. The molecule has 0 saturated carbocycles. The first-order valence-corrected chi connectivity index (χ1v) is 18.2. The molecule has 0 aliphatic rings. The lowest BCUT2D eigenvalue weighted by molar-refractivity contribution is 0.363. The molecule has 0 heterocycles. The molecule has 8 rings (SSSR count). The molecule has 0 bridgehead atoms. The Kier molecular flexibility index (Phi) is 13.4. The minimum absolute atomic E-state index is 0.259. The van der Waals surface area contributed by atoms with Crippen molar-refractivity contribution in [2.24, 2.45) is 9.98 Å². The van der Waals surface area contributed by atoms with Crippen LogP contribution < -0.4 is 15.2 Å². The molecule has 3 N–H and O–H groups in total. The van der Waals surface area contributed by atoms with Crippen LogP contribution in [-0.4, -0.2) is 30.7 Å². The van der Waals surface area contributed by atoms with Gasteiger partial charge in [0, 0.05) is 34.3 Å². The normalized spacial score (nSPS) is 10.8. The number of anilines is 1. The summed E-state index contributed by atoms with van der Waals surface area (Å²) >= 11 is 0. The van der Waals surface area contributed by atoms with Crippen LogP contribution in [0.4, 0.5) is 17.1 Å². The molecular weight excluding hydrogens is 691 g/mol. The molecule has 276 valence electrons. The summed E-state index contributed by atoms with van der Waals surface area (Å²) in [5, 5.41) is 16.0. The van der Waals surface area contributed by atoms with Gasteiger partial charge in [-0.25, -0.2) is 0 Å². The van der Waals surface area contributed by atoms with E-state index in [0.29, 0.717) is 13.2 Å². The number of phenolic OH excluding ortho intramolecular Hbond substituents is 1. The van der Waals surface area contributed by atoms with E-state index in [2.05, 4.69) is 35.3 Å². The summed E-state index contributed by atoms with van der Waals surface area (Å²) in [7, 11) is 0. The monoisotopic (exact) mass is 733 g/mol. The van der Waals surface area contributed by atoms with Crippen LogP contribution in [0.2, 0.25) is 0 Å². The molecule has 0 saturated heterocycles. The number of hydrogen-bond acceptors (Lipinski definition) is 6. The molecule has 8 aromatic carbocycles. The van der Waals surface area contributed by atoms with Gasteiger partial charge in [-0.3, -0.25) is 9.98 Å². The minimum atomic E-state index is 0.259. The first-order chi connectivity index (χ1) is 27.5. The first kappa shape index (κ1) is 38.3. The summed E-state index contributed by atoms with van der Waals surface area (Å²) in [6.45, 7) is 8.29. The molecule has 0 aromatic heterocycles. The van der Waals surface area contributed by atoms with Crippen LogP contribution in [0.3, 0.4) is 0 Å². The summed E-state index contributed by atoms with van der Waals surface area (Å²) < 4.78 is 11.1. The summed E-state index contributed by atoms with van der Waals surface area (Å²) in [5.41, 5.74) is 10.6. The SMILES string of the molecule is C=CCOc1ccc2cccc(N)c2c1.C=CCOc1ccc2cccc(N=Cc3ccccc3)c2c1.Oc1ccc2cccc(N=Cc3ccccc3)c2c1. The quantitative estimate of drug-likeness (QED) is 0.0832. The number of benzene rings is 8. The van der Waals surface area contributed by atoms with Gasteiger partial charge >= 0.3 is 0 Å². The van der Waals surface area contributed by atoms with E-state index in [-0.39, 0.29) is 5.75 Å². The van der Waals surface area contributed by atoms with Crippen molar-refractivity contribution in [3.8, 4) is 17.2 Å². The highest BCUT2D eigenvalue weighted by molar-refractivity contribution is 5.97. The fourth-order valence-corrected chi connectivity index (χ4v) is 5.84. The molecule has 56 heavy (non-hydrogen) atoms. The van der Waals surface area contributed by atoms with Crippen molar-refractivity contribution < 1.29 is 14.6 Å². The molecular formula is C50H43N3O3. The van der Waals surface area contributed by atoms with Crippen LogP contribution >= 0.6 is 0 Å². The molecule has 0 amide bonds. The topological polar surface area (TPSA) is 89.4 Å². The number of aliphatic imine (C=N–C) groups is 2. The zero-order valence-corrected chi connectivity index (χ0v) is 31.0. The average Bonchev–Trinajstić information content (AvgIpc) is 3.25. The second-order valence-electron chi connectivity index (χ2n) is 12.6. The predicted octanol–water partition coefficient (Wildman–Crippen LogP) is 12.4. The molecule has 0 radical (unpaired) electrons. The summed E-state index contributed by atoms with van der Waals surface area (Å²) in [6.07, 6.45) is 7.17. The lowest BCUT2D eigenvalue weighted by Gasteiger charge is -2.06. The molecule has 0 spiro atoms. The van der Waals surface area contributed by atoms with Gasteiger partial charge in [-0.1, -0.05) is 141 Å². The van der Waals surface area contributed by atoms with Crippen LogP contribution in [-0.2, 0) is 0 Å². The number of ether oxygens (including phenoxy) is 2. The van der Waals surface area contributed by atoms with Crippen molar-refractivity contribution in [3.05, 3.63) is 206 Å². The maximum atomic E-state index is 9.59. The zero-order valence-electron chi connectivity index (χ0n) is 31.0. The van der Waals surface area contributed by atoms with Crippen molar-refractivity contribution in [1.82, 2.24) is 0 Å². The van der Waals surface area contributed by atoms with E-state index in [1.54, 1.807) is 24.3 Å². The highest BCUT2D eigenvalue weighted by Crippen LogP contribution is 2.31. The number of nitrogens with two attached hydrogens (primary N) is 1. The number of rotatable bonds is 10. The highest BCUT2D eigenvalue weighted by Gasteiger charge is 2.03. The van der Waals surface area contributed by atoms with Gasteiger partial charge < -0.3 is 20.3 Å². The van der Waals surface area contributed by atoms with Crippen molar-refractivity contribution in [2.75, 3.05) is 18.9 Å². The first-order valence-electron chi connectivity index (χ1n) is 18.2. The maximum Gasteiger partial charge on any atom is 0.120 e. The summed E-state index contributed by atoms with van der Waals surface area (Å²) in [4.78, 5) is 9.13. The molecule has 0 fully saturated rings.